The highest BCUT2D eigenvalue weighted by Crippen LogP contribution is 2.45. The molecule has 0 radical (unpaired) electrons. The third-order valence-corrected chi connectivity index (χ3v) is 10.8. The fourth-order valence-electron chi connectivity index (χ4n) is 8.42. The molecule has 234 valence electrons. The Morgan fingerprint density at radius 3 is 2.19 bits per heavy atom. The van der Waals surface area contributed by atoms with Crippen LogP contribution in [0.25, 0.3) is 28.5 Å². The summed E-state index contributed by atoms with van der Waals surface area (Å²) in [6, 6.07) is 45.8. The standard InChI is InChI=1S/C47H41N/c1-2-12-33(13-3-1)30-45(39-25-24-34-16-10-18-37(34)31-39)36-26-28-40(29-27-36)48(46-23-11-17-35-14-4-7-20-42(35)46)47-32-38-15-5-6-19-41(38)43-21-8-9-22-44(43)47/h1-3,6,8-9,11-13,17,19,21-32H,4-5,7,10,14-16,18,20H2/b45-30+. The van der Waals surface area contributed by atoms with E-state index in [1.807, 2.05) is 0 Å². The normalized spacial score (nSPS) is 15.2. The molecular weight excluding hydrogens is 579 g/mol. The molecule has 0 spiro atoms. The molecule has 1 heteroatoms. The van der Waals surface area contributed by atoms with E-state index in [-0.39, 0.29) is 0 Å². The lowest BCUT2D eigenvalue weighted by Gasteiger charge is -2.32. The zero-order chi connectivity index (χ0) is 31.9. The summed E-state index contributed by atoms with van der Waals surface area (Å²) >= 11 is 0. The lowest BCUT2D eigenvalue weighted by atomic mass is 9.88. The molecule has 0 bridgehead atoms. The first-order chi connectivity index (χ1) is 23.8. The number of rotatable bonds is 6. The summed E-state index contributed by atoms with van der Waals surface area (Å²) in [7, 11) is 0. The molecule has 3 aliphatic carbocycles. The van der Waals surface area contributed by atoms with E-state index >= 15 is 0 Å². The third-order valence-electron chi connectivity index (χ3n) is 10.8. The monoisotopic (exact) mass is 619 g/mol. The van der Waals surface area contributed by atoms with Crippen molar-refractivity contribution in [1.29, 1.82) is 0 Å². The first kappa shape index (κ1) is 29.0. The Kier molecular flexibility index (Phi) is 7.54. The SMILES string of the molecule is C1=Cc2c(cc(N(c3ccc(/C(=C\c4ccccc4)c4ccc5c(c4)CCC5)cc3)c3cccc4c3CCCC4)c3ccccc23)CC1. The van der Waals surface area contributed by atoms with E-state index in [4.69, 9.17) is 0 Å². The second kappa shape index (κ2) is 12.5. The minimum Gasteiger partial charge on any atom is -0.310 e. The molecule has 6 aromatic rings. The smallest absolute Gasteiger partial charge is 0.0543 e. The van der Waals surface area contributed by atoms with Crippen LogP contribution in [0, 0.1) is 0 Å². The molecule has 0 saturated heterocycles. The number of nitrogens with zero attached hydrogens (tertiary/aromatic N) is 1. The highest BCUT2D eigenvalue weighted by Gasteiger charge is 2.24. The van der Waals surface area contributed by atoms with Crippen LogP contribution in [-0.2, 0) is 32.1 Å². The maximum absolute atomic E-state index is 2.57. The number of hydrogen-bond acceptors (Lipinski definition) is 1. The molecule has 1 nitrogen and oxygen atoms in total. The summed E-state index contributed by atoms with van der Waals surface area (Å²) in [5.41, 5.74) is 17.8. The van der Waals surface area contributed by atoms with Crippen LogP contribution in [0.4, 0.5) is 17.1 Å². The van der Waals surface area contributed by atoms with E-state index < -0.39 is 0 Å². The summed E-state index contributed by atoms with van der Waals surface area (Å²) in [4.78, 5) is 2.57. The van der Waals surface area contributed by atoms with Gasteiger partial charge in [-0.15, -0.1) is 0 Å². The molecular formula is C47H41N. The lowest BCUT2D eigenvalue weighted by Crippen LogP contribution is -2.16. The Morgan fingerprint density at radius 2 is 1.29 bits per heavy atom. The van der Waals surface area contributed by atoms with Crippen molar-refractivity contribution < 1.29 is 0 Å². The minimum atomic E-state index is 1.08. The number of fused-ring (bicyclic) bond motifs is 5. The molecule has 48 heavy (non-hydrogen) atoms. The quantitative estimate of drug-likeness (QED) is 0.168. The van der Waals surface area contributed by atoms with Crippen molar-refractivity contribution >= 4 is 45.6 Å². The number of anilines is 3. The Labute approximate surface area is 284 Å². The third kappa shape index (κ3) is 5.28. The summed E-state index contributed by atoms with van der Waals surface area (Å²) in [5, 5.41) is 2.65. The molecule has 0 saturated carbocycles. The van der Waals surface area contributed by atoms with Crippen LogP contribution in [0.15, 0.2) is 127 Å². The maximum atomic E-state index is 2.57. The maximum Gasteiger partial charge on any atom is 0.0543 e. The van der Waals surface area contributed by atoms with Gasteiger partial charge in [0.15, 0.2) is 0 Å². The minimum absolute atomic E-state index is 1.08. The number of hydrogen-bond donors (Lipinski definition) is 0. The van der Waals surface area contributed by atoms with Gasteiger partial charge in [0.1, 0.15) is 0 Å². The van der Waals surface area contributed by atoms with Gasteiger partial charge in [-0.3, -0.25) is 0 Å². The fraction of sp³-hybridized carbons (Fsp3) is 0.191. The summed E-state index contributed by atoms with van der Waals surface area (Å²) in [6.45, 7) is 0. The zero-order valence-electron chi connectivity index (χ0n) is 27.6. The first-order valence-electron chi connectivity index (χ1n) is 17.9. The molecule has 0 heterocycles. The van der Waals surface area contributed by atoms with Gasteiger partial charge < -0.3 is 4.90 Å². The van der Waals surface area contributed by atoms with Gasteiger partial charge in [0.05, 0.1) is 5.69 Å². The van der Waals surface area contributed by atoms with Crippen molar-refractivity contribution in [1.82, 2.24) is 0 Å². The molecule has 6 aromatic carbocycles. The summed E-state index contributed by atoms with van der Waals surface area (Å²) in [5.74, 6) is 0. The predicted molar refractivity (Wildman–Crippen MR) is 205 cm³/mol. The molecule has 9 rings (SSSR count). The molecule has 0 aromatic heterocycles. The molecule has 0 unspecified atom stereocenters. The number of benzene rings is 6. The summed E-state index contributed by atoms with van der Waals surface area (Å²) in [6.07, 6.45) is 17.7. The highest BCUT2D eigenvalue weighted by atomic mass is 15.1. The second-order valence-corrected chi connectivity index (χ2v) is 13.8. The van der Waals surface area contributed by atoms with Crippen LogP contribution in [0.2, 0.25) is 0 Å². The molecule has 0 aliphatic heterocycles. The van der Waals surface area contributed by atoms with Crippen molar-refractivity contribution in [2.45, 2.75) is 57.8 Å². The average Bonchev–Trinajstić information content (AvgIpc) is 3.63. The van der Waals surface area contributed by atoms with E-state index in [2.05, 4.69) is 144 Å². The van der Waals surface area contributed by atoms with Gasteiger partial charge >= 0.3 is 0 Å². The van der Waals surface area contributed by atoms with E-state index in [0.29, 0.717) is 0 Å². The van der Waals surface area contributed by atoms with Crippen molar-refractivity contribution in [3.63, 3.8) is 0 Å². The average molecular weight is 620 g/mol. The van der Waals surface area contributed by atoms with Crippen LogP contribution in [0.3, 0.4) is 0 Å². The fourth-order valence-corrected chi connectivity index (χ4v) is 8.42. The van der Waals surface area contributed by atoms with Crippen molar-refractivity contribution in [3.05, 3.63) is 177 Å². The predicted octanol–water partition coefficient (Wildman–Crippen LogP) is 12.2. The Hall–Kier alpha value is -5.14. The van der Waals surface area contributed by atoms with E-state index in [1.54, 1.807) is 0 Å². The van der Waals surface area contributed by atoms with E-state index in [0.717, 1.165) is 19.3 Å². The Morgan fingerprint density at radius 1 is 0.521 bits per heavy atom. The Balaban J connectivity index is 1.22. The van der Waals surface area contributed by atoms with Gasteiger partial charge in [0.2, 0.25) is 0 Å². The van der Waals surface area contributed by atoms with Crippen LogP contribution in [0.1, 0.15) is 75.8 Å². The van der Waals surface area contributed by atoms with Crippen LogP contribution < -0.4 is 4.90 Å². The van der Waals surface area contributed by atoms with Crippen molar-refractivity contribution in [2.75, 3.05) is 4.90 Å². The van der Waals surface area contributed by atoms with Crippen LogP contribution in [-0.4, -0.2) is 0 Å². The molecule has 0 atom stereocenters. The van der Waals surface area contributed by atoms with E-state index in [9.17, 15) is 0 Å². The molecule has 0 N–H and O–H groups in total. The van der Waals surface area contributed by atoms with Gasteiger partial charge in [-0.05, 0) is 149 Å². The van der Waals surface area contributed by atoms with Gasteiger partial charge in [-0.25, -0.2) is 0 Å². The number of aryl methyl sites for hydroxylation is 4. The molecule has 0 fully saturated rings. The topological polar surface area (TPSA) is 3.24 Å². The highest BCUT2D eigenvalue weighted by molar-refractivity contribution is 6.04. The Bertz CT molecular complexity index is 2200. The zero-order valence-corrected chi connectivity index (χ0v) is 27.6. The summed E-state index contributed by atoms with van der Waals surface area (Å²) < 4.78 is 0. The number of allylic oxidation sites excluding steroid dienone is 1. The van der Waals surface area contributed by atoms with Crippen molar-refractivity contribution in [3.8, 4) is 0 Å². The van der Waals surface area contributed by atoms with Crippen LogP contribution in [0.5, 0.6) is 0 Å². The molecule has 0 amide bonds. The van der Waals surface area contributed by atoms with Gasteiger partial charge in [0.25, 0.3) is 0 Å². The van der Waals surface area contributed by atoms with Crippen LogP contribution >= 0.6 is 0 Å². The molecule has 3 aliphatic rings. The largest absolute Gasteiger partial charge is 0.310 e. The second-order valence-electron chi connectivity index (χ2n) is 13.8. The van der Waals surface area contributed by atoms with Gasteiger partial charge in [0, 0.05) is 16.8 Å². The van der Waals surface area contributed by atoms with Crippen molar-refractivity contribution in [2.24, 2.45) is 0 Å². The van der Waals surface area contributed by atoms with Gasteiger partial charge in [-0.2, -0.15) is 0 Å². The first-order valence-corrected chi connectivity index (χ1v) is 17.9. The van der Waals surface area contributed by atoms with E-state index in [1.165, 1.54) is 122 Å². The van der Waals surface area contributed by atoms with Gasteiger partial charge in [-0.1, -0.05) is 109 Å². The lowest BCUT2D eigenvalue weighted by molar-refractivity contribution is 0.686.